The fourth-order valence-corrected chi connectivity index (χ4v) is 5.33. The van der Waals surface area contributed by atoms with Gasteiger partial charge in [0, 0.05) is 31.6 Å². The highest BCUT2D eigenvalue weighted by atomic mass is 16.2. The summed E-state index contributed by atoms with van der Waals surface area (Å²) in [6, 6.07) is 12.0. The summed E-state index contributed by atoms with van der Waals surface area (Å²) in [6.45, 7) is 4.78. The Labute approximate surface area is 193 Å². The number of anilines is 1. The van der Waals surface area contributed by atoms with Crippen molar-refractivity contribution < 1.29 is 9.59 Å². The second-order valence-electron chi connectivity index (χ2n) is 8.83. The number of amides is 2. The van der Waals surface area contributed by atoms with E-state index in [-0.39, 0.29) is 35.5 Å². The third-order valence-corrected chi connectivity index (χ3v) is 6.82. The van der Waals surface area contributed by atoms with E-state index in [1.807, 2.05) is 37.3 Å². The number of imide groups is 1. The van der Waals surface area contributed by atoms with Gasteiger partial charge in [-0.1, -0.05) is 30.4 Å². The lowest BCUT2D eigenvalue weighted by Crippen LogP contribution is -2.43. The molecule has 3 aliphatic rings. The van der Waals surface area contributed by atoms with E-state index in [9.17, 15) is 9.59 Å². The first-order chi connectivity index (χ1) is 16.2. The molecule has 0 radical (unpaired) electrons. The average Bonchev–Trinajstić information content (AvgIpc) is 3.51. The molecular formula is C25H30N6O2. The van der Waals surface area contributed by atoms with Gasteiger partial charge in [0.15, 0.2) is 5.96 Å². The first-order valence-corrected chi connectivity index (χ1v) is 11.8. The zero-order chi connectivity index (χ0) is 22.8. The summed E-state index contributed by atoms with van der Waals surface area (Å²) in [4.78, 5) is 36.2. The summed E-state index contributed by atoms with van der Waals surface area (Å²) in [5, 5.41) is 10.9. The number of carbonyl (C=O) groups excluding carboxylic acids is 2. The Morgan fingerprint density at radius 1 is 1.03 bits per heavy atom. The molecule has 1 aromatic carbocycles. The van der Waals surface area contributed by atoms with E-state index in [2.05, 4.69) is 44.1 Å². The van der Waals surface area contributed by atoms with E-state index in [0.717, 1.165) is 29.7 Å². The largest absolute Gasteiger partial charge is 0.368 e. The maximum absolute atomic E-state index is 12.8. The highest BCUT2D eigenvalue weighted by Crippen LogP contribution is 2.52. The van der Waals surface area contributed by atoms with Crippen molar-refractivity contribution in [2.24, 2.45) is 28.7 Å². The van der Waals surface area contributed by atoms with Gasteiger partial charge in [0.05, 0.1) is 23.9 Å². The topological polar surface area (TPSA) is 98.7 Å². The highest BCUT2D eigenvalue weighted by molar-refractivity contribution is 6.06. The lowest BCUT2D eigenvalue weighted by atomic mass is 9.85. The van der Waals surface area contributed by atoms with Gasteiger partial charge >= 0.3 is 0 Å². The number of rotatable bonds is 8. The van der Waals surface area contributed by atoms with Crippen molar-refractivity contribution in [2.75, 3.05) is 38.0 Å². The number of hydrogen-bond donors (Lipinski definition) is 3. The Morgan fingerprint density at radius 2 is 1.79 bits per heavy atom. The minimum Gasteiger partial charge on any atom is -0.368 e. The SMILES string of the molecule is CCNC(=NCCNc1ccc2ccccc2n1)NCCN1C(=O)C2C3C=CC(C3)C2C1=O. The van der Waals surface area contributed by atoms with Gasteiger partial charge in [-0.3, -0.25) is 19.5 Å². The van der Waals surface area contributed by atoms with Crippen LogP contribution < -0.4 is 16.0 Å². The quantitative estimate of drug-likeness (QED) is 0.189. The smallest absolute Gasteiger partial charge is 0.233 e. The first kappa shape index (κ1) is 21.4. The number of fused-ring (bicyclic) bond motifs is 6. The van der Waals surface area contributed by atoms with Crippen molar-refractivity contribution in [2.45, 2.75) is 13.3 Å². The molecule has 33 heavy (non-hydrogen) atoms. The molecular weight excluding hydrogens is 416 g/mol. The molecule has 2 bridgehead atoms. The van der Waals surface area contributed by atoms with Crippen molar-refractivity contribution in [1.29, 1.82) is 0 Å². The lowest BCUT2D eigenvalue weighted by Gasteiger charge is -2.18. The number of allylic oxidation sites excluding steroid dienone is 2. The molecule has 1 aliphatic heterocycles. The van der Waals surface area contributed by atoms with Crippen LogP contribution in [0.2, 0.25) is 0 Å². The Kier molecular flexibility index (Phi) is 5.98. The van der Waals surface area contributed by atoms with Crippen molar-refractivity contribution >= 4 is 34.5 Å². The van der Waals surface area contributed by atoms with Gasteiger partial charge in [-0.25, -0.2) is 4.98 Å². The van der Waals surface area contributed by atoms with Gasteiger partial charge < -0.3 is 16.0 Å². The molecule has 4 unspecified atom stereocenters. The molecule has 1 saturated carbocycles. The molecule has 2 aliphatic carbocycles. The second kappa shape index (κ2) is 9.21. The fourth-order valence-electron chi connectivity index (χ4n) is 5.33. The van der Waals surface area contributed by atoms with Crippen LogP contribution in [0.4, 0.5) is 5.82 Å². The lowest BCUT2D eigenvalue weighted by molar-refractivity contribution is -0.140. The van der Waals surface area contributed by atoms with Crippen molar-refractivity contribution in [3.63, 3.8) is 0 Å². The molecule has 4 atom stereocenters. The van der Waals surface area contributed by atoms with Gasteiger partial charge in [0.1, 0.15) is 5.82 Å². The van der Waals surface area contributed by atoms with Crippen LogP contribution in [0, 0.1) is 23.7 Å². The molecule has 2 aromatic rings. The fraction of sp³-hybridized carbons (Fsp3) is 0.440. The van der Waals surface area contributed by atoms with Crippen LogP contribution in [0.15, 0.2) is 53.5 Å². The summed E-state index contributed by atoms with van der Waals surface area (Å²) in [6.07, 6.45) is 5.20. The molecule has 3 N–H and O–H groups in total. The molecule has 0 spiro atoms. The number of carbonyl (C=O) groups is 2. The summed E-state index contributed by atoms with van der Waals surface area (Å²) >= 11 is 0. The second-order valence-corrected chi connectivity index (χ2v) is 8.83. The minimum atomic E-state index is -0.135. The van der Waals surface area contributed by atoms with Crippen LogP contribution in [-0.4, -0.2) is 60.4 Å². The van der Waals surface area contributed by atoms with Crippen LogP contribution in [0.25, 0.3) is 10.9 Å². The Bertz CT molecular complexity index is 1080. The van der Waals surface area contributed by atoms with Gasteiger partial charge in [0.2, 0.25) is 11.8 Å². The number of pyridine rings is 1. The van der Waals surface area contributed by atoms with E-state index in [1.54, 1.807) is 0 Å². The summed E-state index contributed by atoms with van der Waals surface area (Å²) in [7, 11) is 0. The number of hydrogen-bond acceptors (Lipinski definition) is 5. The minimum absolute atomic E-state index is 0.00215. The van der Waals surface area contributed by atoms with Crippen LogP contribution >= 0.6 is 0 Å². The summed E-state index contributed by atoms with van der Waals surface area (Å²) < 4.78 is 0. The van der Waals surface area contributed by atoms with E-state index in [1.165, 1.54) is 4.90 Å². The van der Waals surface area contributed by atoms with Gasteiger partial charge in [-0.2, -0.15) is 0 Å². The number of nitrogens with one attached hydrogen (secondary N) is 3. The zero-order valence-corrected chi connectivity index (χ0v) is 18.8. The Balaban J connectivity index is 1.10. The predicted octanol–water partition coefficient (Wildman–Crippen LogP) is 2.01. The molecule has 2 amide bonds. The maximum atomic E-state index is 12.8. The molecule has 172 valence electrons. The number of guanidine groups is 1. The molecule has 1 aromatic heterocycles. The van der Waals surface area contributed by atoms with Crippen LogP contribution in [0.3, 0.4) is 0 Å². The van der Waals surface area contributed by atoms with Crippen LogP contribution in [0.5, 0.6) is 0 Å². The van der Waals surface area contributed by atoms with Crippen molar-refractivity contribution in [3.8, 4) is 0 Å². The van der Waals surface area contributed by atoms with E-state index < -0.39 is 0 Å². The number of para-hydroxylation sites is 1. The molecule has 1 saturated heterocycles. The Morgan fingerprint density at radius 3 is 2.55 bits per heavy atom. The summed E-state index contributed by atoms with van der Waals surface area (Å²) in [5.74, 6) is 1.72. The number of aliphatic imine (C=N–C) groups is 1. The third-order valence-electron chi connectivity index (χ3n) is 6.82. The first-order valence-electron chi connectivity index (χ1n) is 11.8. The molecule has 2 fully saturated rings. The standard InChI is InChI=1S/C25H30N6O2/c1-2-26-25(28-12-11-27-20-10-9-16-5-3-4-6-19(16)30-20)29-13-14-31-23(32)21-17-7-8-18(15-17)22(21)24(31)33/h3-10,17-18,21-22H,2,11-15H2,1H3,(H,27,30)(H2,26,28,29). The summed E-state index contributed by atoms with van der Waals surface area (Å²) in [5.41, 5.74) is 0.958. The number of nitrogens with zero attached hydrogens (tertiary/aromatic N) is 3. The number of benzene rings is 1. The number of likely N-dealkylation sites (tertiary alicyclic amines) is 1. The van der Waals surface area contributed by atoms with E-state index >= 15 is 0 Å². The zero-order valence-electron chi connectivity index (χ0n) is 18.8. The Hall–Kier alpha value is -3.42. The molecule has 5 rings (SSSR count). The van der Waals surface area contributed by atoms with Crippen LogP contribution in [-0.2, 0) is 9.59 Å². The predicted molar refractivity (Wildman–Crippen MR) is 129 cm³/mol. The average molecular weight is 447 g/mol. The monoisotopic (exact) mass is 446 g/mol. The van der Waals surface area contributed by atoms with E-state index in [0.29, 0.717) is 32.1 Å². The van der Waals surface area contributed by atoms with Gasteiger partial charge in [0.25, 0.3) is 0 Å². The maximum Gasteiger partial charge on any atom is 0.233 e. The molecule has 8 nitrogen and oxygen atoms in total. The van der Waals surface area contributed by atoms with Gasteiger partial charge in [-0.15, -0.1) is 0 Å². The van der Waals surface area contributed by atoms with Crippen molar-refractivity contribution in [3.05, 3.63) is 48.6 Å². The highest BCUT2D eigenvalue weighted by Gasteiger charge is 2.58. The van der Waals surface area contributed by atoms with E-state index in [4.69, 9.17) is 0 Å². The van der Waals surface area contributed by atoms with Gasteiger partial charge in [-0.05, 0) is 43.4 Å². The third kappa shape index (κ3) is 4.17. The molecule has 8 heteroatoms. The molecule has 2 heterocycles. The number of aromatic nitrogens is 1. The van der Waals surface area contributed by atoms with Crippen molar-refractivity contribution in [1.82, 2.24) is 20.5 Å². The normalized spacial score (nSPS) is 25.7. The van der Waals surface area contributed by atoms with Crippen LogP contribution in [0.1, 0.15) is 13.3 Å².